The first-order valence-corrected chi connectivity index (χ1v) is 7.88. The predicted molar refractivity (Wildman–Crippen MR) is 70.9 cm³/mol. The number of hydrogen-bond donors (Lipinski definition) is 0. The van der Waals surface area contributed by atoms with Gasteiger partial charge in [0.15, 0.2) is 0 Å². The maximum absolute atomic E-state index is 3.95. The van der Waals surface area contributed by atoms with Gasteiger partial charge in [-0.1, -0.05) is 0 Å². The predicted octanol–water partition coefficient (Wildman–Crippen LogP) is 4.28. The van der Waals surface area contributed by atoms with E-state index in [4.69, 9.17) is 0 Å². The quantitative estimate of drug-likeness (QED) is 0.586. The van der Waals surface area contributed by atoms with Crippen molar-refractivity contribution in [2.75, 3.05) is 0 Å². The van der Waals surface area contributed by atoms with Gasteiger partial charge < -0.3 is 0 Å². The van der Waals surface area contributed by atoms with Crippen LogP contribution in [0.5, 0.6) is 0 Å². The van der Waals surface area contributed by atoms with Crippen molar-refractivity contribution in [1.29, 1.82) is 0 Å². The second-order valence-electron chi connectivity index (χ2n) is 2.99. The molecule has 0 saturated carbocycles. The Hall–Kier alpha value is 0.179. The van der Waals surface area contributed by atoms with E-state index in [2.05, 4.69) is 44.1 Å². The Kier molecular flexibility index (Phi) is 5.18. The van der Waals surface area contributed by atoms with Gasteiger partial charge in [-0.05, 0) is 0 Å². The van der Waals surface area contributed by atoms with Crippen molar-refractivity contribution >= 4 is 38.0 Å². The molecule has 0 nitrogen and oxygen atoms in total. The van der Waals surface area contributed by atoms with Crippen LogP contribution in [0.1, 0.15) is 22.9 Å². The van der Waals surface area contributed by atoms with E-state index < -0.39 is 0 Å². The zero-order chi connectivity index (χ0) is 10.6. The van der Waals surface area contributed by atoms with Crippen molar-refractivity contribution < 1.29 is 0 Å². The Labute approximate surface area is 101 Å². The van der Waals surface area contributed by atoms with Crippen LogP contribution in [0.4, 0.5) is 0 Å². The van der Waals surface area contributed by atoms with Gasteiger partial charge in [-0.15, -0.1) is 0 Å². The van der Waals surface area contributed by atoms with Gasteiger partial charge in [-0.2, -0.15) is 0 Å². The zero-order valence-electron chi connectivity index (χ0n) is 8.45. The normalized spacial score (nSPS) is 10.5. The summed E-state index contributed by atoms with van der Waals surface area (Å²) in [6, 6.07) is 4.39. The van der Waals surface area contributed by atoms with Crippen molar-refractivity contribution in [2.45, 2.75) is 18.4 Å². The topological polar surface area (TPSA) is 0 Å². The van der Waals surface area contributed by atoms with E-state index in [1.54, 1.807) is 0 Å². The molecule has 0 atom stereocenters. The van der Waals surface area contributed by atoms with Crippen LogP contribution in [0.3, 0.4) is 0 Å². The molecule has 0 aliphatic rings. The minimum atomic E-state index is 0.486. The van der Waals surface area contributed by atoms with Crippen molar-refractivity contribution in [2.24, 2.45) is 0 Å². The first-order chi connectivity index (χ1) is 6.59. The standard InChI is InChI=1S/C11H14S2Se/c1-8(2)12-11(13-9(3)4)10-6-5-7-14-10/h5-7,11H,1,3H2,2,4H3. The third kappa shape index (κ3) is 4.14. The van der Waals surface area contributed by atoms with Crippen molar-refractivity contribution in [3.8, 4) is 0 Å². The Balaban J connectivity index is 2.71. The molecule has 0 amide bonds. The van der Waals surface area contributed by atoms with E-state index in [9.17, 15) is 0 Å². The summed E-state index contributed by atoms with van der Waals surface area (Å²) in [4.78, 5) is 4.60. The zero-order valence-corrected chi connectivity index (χ0v) is 11.8. The van der Waals surface area contributed by atoms with Gasteiger partial charge in [-0.25, -0.2) is 0 Å². The molecule has 14 heavy (non-hydrogen) atoms. The third-order valence-electron chi connectivity index (χ3n) is 1.39. The van der Waals surface area contributed by atoms with E-state index in [-0.39, 0.29) is 0 Å². The fourth-order valence-corrected chi connectivity index (χ4v) is 5.63. The summed E-state index contributed by atoms with van der Waals surface area (Å²) in [7, 11) is 0. The van der Waals surface area contributed by atoms with E-state index in [1.165, 1.54) is 14.2 Å². The van der Waals surface area contributed by atoms with Crippen molar-refractivity contribution in [1.82, 2.24) is 0 Å². The number of hydrogen-bond acceptors (Lipinski definition) is 2. The molecule has 0 fully saturated rings. The van der Waals surface area contributed by atoms with Crippen LogP contribution in [0.15, 0.2) is 40.0 Å². The molecule has 76 valence electrons. The number of thioether (sulfide) groups is 2. The molecule has 1 heterocycles. The summed E-state index contributed by atoms with van der Waals surface area (Å²) in [5, 5.41) is 0. The van der Waals surface area contributed by atoms with E-state index in [1.807, 2.05) is 23.5 Å². The second-order valence-corrected chi connectivity index (χ2v) is 8.15. The van der Waals surface area contributed by atoms with Crippen molar-refractivity contribution in [3.63, 3.8) is 0 Å². The first kappa shape index (κ1) is 12.3. The maximum atomic E-state index is 3.95. The Morgan fingerprint density at radius 3 is 2.21 bits per heavy atom. The summed E-state index contributed by atoms with van der Waals surface area (Å²) in [6.07, 6.45) is 0. The third-order valence-corrected chi connectivity index (χ3v) is 6.35. The Morgan fingerprint density at radius 1 is 1.29 bits per heavy atom. The SMILES string of the molecule is C=C(C)SC(SC(=C)C)c1ccc[se]1. The summed E-state index contributed by atoms with van der Waals surface area (Å²) >= 11 is 4.22. The molecule has 0 unspecified atom stereocenters. The molecule has 0 N–H and O–H groups in total. The molecule has 3 heteroatoms. The molecule has 1 rings (SSSR count). The van der Waals surface area contributed by atoms with Crippen LogP contribution in [0.25, 0.3) is 0 Å². The van der Waals surface area contributed by atoms with Crippen LogP contribution in [0, 0.1) is 0 Å². The van der Waals surface area contributed by atoms with Crippen LogP contribution in [-0.2, 0) is 0 Å². The number of rotatable bonds is 5. The van der Waals surface area contributed by atoms with E-state index >= 15 is 0 Å². The fraction of sp³-hybridized carbons (Fsp3) is 0.273. The minimum absolute atomic E-state index is 0.486. The molecular weight excluding hydrogens is 275 g/mol. The van der Waals surface area contributed by atoms with Gasteiger partial charge in [0.05, 0.1) is 0 Å². The molecule has 0 spiro atoms. The van der Waals surface area contributed by atoms with Gasteiger partial charge >= 0.3 is 101 Å². The Bertz CT molecular complexity index is 298. The summed E-state index contributed by atoms with van der Waals surface area (Å²) in [5.41, 5.74) is 0. The van der Waals surface area contributed by atoms with Gasteiger partial charge in [0.2, 0.25) is 0 Å². The van der Waals surface area contributed by atoms with Crippen LogP contribution in [0.2, 0.25) is 0 Å². The molecular formula is C11H14S2Se. The van der Waals surface area contributed by atoms with Crippen LogP contribution < -0.4 is 0 Å². The van der Waals surface area contributed by atoms with Gasteiger partial charge in [0.25, 0.3) is 0 Å². The van der Waals surface area contributed by atoms with Gasteiger partial charge in [0.1, 0.15) is 0 Å². The molecule has 1 aromatic rings. The Morgan fingerprint density at radius 2 is 1.86 bits per heavy atom. The molecule has 0 aliphatic carbocycles. The van der Waals surface area contributed by atoms with Crippen LogP contribution in [-0.4, -0.2) is 14.5 Å². The molecule has 0 aliphatic heterocycles. The second kappa shape index (κ2) is 5.92. The van der Waals surface area contributed by atoms with Gasteiger partial charge in [0, 0.05) is 0 Å². The first-order valence-electron chi connectivity index (χ1n) is 4.27. The summed E-state index contributed by atoms with van der Waals surface area (Å²) in [5.74, 6) is 0. The van der Waals surface area contributed by atoms with E-state index in [0.717, 1.165) is 0 Å². The summed E-state index contributed by atoms with van der Waals surface area (Å²) < 4.78 is 2.01. The number of allylic oxidation sites excluding steroid dienone is 2. The summed E-state index contributed by atoms with van der Waals surface area (Å²) in [6.45, 7) is 12.0. The molecule has 0 radical (unpaired) electrons. The monoisotopic (exact) mass is 290 g/mol. The van der Waals surface area contributed by atoms with Crippen LogP contribution >= 0.6 is 23.5 Å². The molecule has 0 aromatic carbocycles. The molecule has 0 bridgehead atoms. The molecule has 1 aromatic heterocycles. The van der Waals surface area contributed by atoms with Gasteiger partial charge in [-0.3, -0.25) is 0 Å². The molecule has 0 saturated heterocycles. The average molecular weight is 289 g/mol. The van der Waals surface area contributed by atoms with Crippen molar-refractivity contribution in [3.05, 3.63) is 44.5 Å². The fourth-order valence-electron chi connectivity index (χ4n) is 0.931. The average Bonchev–Trinajstić information content (AvgIpc) is 2.52. The van der Waals surface area contributed by atoms with E-state index in [0.29, 0.717) is 19.1 Å².